The van der Waals surface area contributed by atoms with E-state index in [1.165, 1.54) is 10.5 Å². The molecule has 1 aromatic heterocycles. The number of halogens is 1. The molecule has 26 heavy (non-hydrogen) atoms. The molecule has 1 fully saturated rings. The predicted molar refractivity (Wildman–Crippen MR) is 98.0 cm³/mol. The molecule has 4 rings (SSSR count). The number of nitrogens with one attached hydrogen (secondary N) is 2. The largest absolute Gasteiger partial charge is 0.486 e. The lowest BCUT2D eigenvalue weighted by atomic mass is 10.0. The van der Waals surface area contributed by atoms with Crippen LogP contribution in [0.3, 0.4) is 0 Å². The van der Waals surface area contributed by atoms with Crippen LogP contribution in [0, 0.1) is 0 Å². The number of carbonyl (C=O) groups is 1. The molecule has 2 aliphatic heterocycles. The van der Waals surface area contributed by atoms with E-state index in [1.54, 1.807) is 18.3 Å². The monoisotopic (exact) mass is 374 g/mol. The van der Waals surface area contributed by atoms with Crippen molar-refractivity contribution >= 4 is 23.2 Å². The number of hydrogen-bond donors (Lipinski definition) is 2. The first-order chi connectivity index (χ1) is 12.7. The molecule has 0 bridgehead atoms. The van der Waals surface area contributed by atoms with Gasteiger partial charge < -0.3 is 19.7 Å². The lowest BCUT2D eigenvalue weighted by molar-refractivity contribution is -0.910. The lowest BCUT2D eigenvalue weighted by Crippen LogP contribution is -3.11. The van der Waals surface area contributed by atoms with E-state index in [0.717, 1.165) is 30.9 Å². The van der Waals surface area contributed by atoms with Crippen LogP contribution in [0.2, 0.25) is 5.15 Å². The van der Waals surface area contributed by atoms with Gasteiger partial charge in [0.1, 0.15) is 19.3 Å². The molecule has 1 amide bonds. The quantitative estimate of drug-likeness (QED) is 0.802. The van der Waals surface area contributed by atoms with E-state index in [-0.39, 0.29) is 11.9 Å². The average Bonchev–Trinajstić information content (AvgIpc) is 3.11. The number of fused-ring (bicyclic) bond motifs is 1. The van der Waals surface area contributed by atoms with Crippen LogP contribution in [0.4, 0.5) is 5.69 Å². The smallest absolute Gasteiger partial charge is 0.279 e. The van der Waals surface area contributed by atoms with Crippen molar-refractivity contribution in [1.82, 2.24) is 4.98 Å². The zero-order valence-corrected chi connectivity index (χ0v) is 15.1. The van der Waals surface area contributed by atoms with Crippen LogP contribution in [0.25, 0.3) is 0 Å². The normalized spacial score (nSPS) is 21.4. The summed E-state index contributed by atoms with van der Waals surface area (Å²) in [5, 5.41) is 3.17. The third-order valence-corrected chi connectivity index (χ3v) is 5.17. The molecule has 0 spiro atoms. The molecule has 1 unspecified atom stereocenters. The van der Waals surface area contributed by atoms with Crippen LogP contribution in [-0.4, -0.2) is 37.2 Å². The highest BCUT2D eigenvalue weighted by molar-refractivity contribution is 6.32. The van der Waals surface area contributed by atoms with Gasteiger partial charge in [-0.1, -0.05) is 11.6 Å². The molecule has 6 nitrogen and oxygen atoms in total. The number of nitrogens with zero attached hydrogens (tertiary/aromatic N) is 1. The molecule has 1 saturated heterocycles. The standard InChI is InChI=1S/C19H20ClN3O3/c20-19-14(3-1-7-21-19)22-18(24)12-23-8-2-4-15(23)13-5-6-16-17(11-13)26-10-9-25-16/h1,3,5-7,11,15H,2,4,8-10,12H2,(H,22,24)/p+1/t15-/m0/s1. The van der Waals surface area contributed by atoms with E-state index in [4.69, 9.17) is 21.1 Å². The van der Waals surface area contributed by atoms with Gasteiger partial charge in [0.05, 0.1) is 12.2 Å². The number of anilines is 1. The molecule has 3 heterocycles. The van der Waals surface area contributed by atoms with Gasteiger partial charge >= 0.3 is 0 Å². The van der Waals surface area contributed by atoms with Gasteiger partial charge in [-0.3, -0.25) is 4.79 Å². The number of ether oxygens (including phenoxy) is 2. The van der Waals surface area contributed by atoms with E-state index < -0.39 is 0 Å². The number of pyridine rings is 1. The summed E-state index contributed by atoms with van der Waals surface area (Å²) in [6, 6.07) is 9.89. The number of carbonyl (C=O) groups excluding carboxylic acids is 1. The van der Waals surface area contributed by atoms with Crippen molar-refractivity contribution in [2.45, 2.75) is 18.9 Å². The van der Waals surface area contributed by atoms with Crippen LogP contribution in [-0.2, 0) is 4.79 Å². The Morgan fingerprint density at radius 2 is 2.12 bits per heavy atom. The Labute approximate surface area is 157 Å². The molecule has 2 atom stereocenters. The number of benzene rings is 1. The third kappa shape index (κ3) is 3.61. The highest BCUT2D eigenvalue weighted by Crippen LogP contribution is 2.33. The Morgan fingerprint density at radius 1 is 1.27 bits per heavy atom. The van der Waals surface area contributed by atoms with Crippen LogP contribution in [0.1, 0.15) is 24.4 Å². The molecule has 0 saturated carbocycles. The van der Waals surface area contributed by atoms with E-state index in [2.05, 4.69) is 22.4 Å². The number of rotatable bonds is 4. The van der Waals surface area contributed by atoms with Crippen LogP contribution < -0.4 is 19.7 Å². The molecular formula is C19H21ClN3O3+. The first kappa shape index (κ1) is 17.1. The Balaban J connectivity index is 1.45. The van der Waals surface area contributed by atoms with Gasteiger partial charge in [-0.2, -0.15) is 0 Å². The van der Waals surface area contributed by atoms with Crippen molar-refractivity contribution in [1.29, 1.82) is 0 Å². The van der Waals surface area contributed by atoms with Crippen LogP contribution in [0.5, 0.6) is 11.5 Å². The minimum atomic E-state index is -0.0562. The van der Waals surface area contributed by atoms with Crippen molar-refractivity contribution in [3.8, 4) is 11.5 Å². The lowest BCUT2D eigenvalue weighted by Gasteiger charge is -2.24. The number of amides is 1. The summed E-state index contributed by atoms with van der Waals surface area (Å²) in [6.45, 7) is 2.52. The second-order valence-corrected chi connectivity index (χ2v) is 6.93. The Kier molecular flexibility index (Phi) is 4.95. The van der Waals surface area contributed by atoms with Gasteiger partial charge in [0.2, 0.25) is 0 Å². The fourth-order valence-electron chi connectivity index (χ4n) is 3.68. The average molecular weight is 375 g/mol. The maximum Gasteiger partial charge on any atom is 0.279 e. The van der Waals surface area contributed by atoms with Gasteiger partial charge in [0.25, 0.3) is 5.91 Å². The topological polar surface area (TPSA) is 64.9 Å². The molecule has 136 valence electrons. The predicted octanol–water partition coefficient (Wildman–Crippen LogP) is 1.86. The fraction of sp³-hybridized carbons (Fsp3) is 0.368. The van der Waals surface area contributed by atoms with Crippen molar-refractivity contribution in [3.63, 3.8) is 0 Å². The molecular weight excluding hydrogens is 354 g/mol. The molecule has 2 N–H and O–H groups in total. The van der Waals surface area contributed by atoms with E-state index in [1.807, 2.05) is 6.07 Å². The molecule has 0 radical (unpaired) electrons. The van der Waals surface area contributed by atoms with E-state index in [0.29, 0.717) is 30.6 Å². The first-order valence-corrected chi connectivity index (χ1v) is 9.23. The summed E-state index contributed by atoms with van der Waals surface area (Å²) in [4.78, 5) is 17.7. The van der Waals surface area contributed by atoms with Crippen LogP contribution in [0.15, 0.2) is 36.5 Å². The summed E-state index contributed by atoms with van der Waals surface area (Å²) in [7, 11) is 0. The first-order valence-electron chi connectivity index (χ1n) is 8.85. The van der Waals surface area contributed by atoms with Crippen molar-refractivity contribution in [3.05, 3.63) is 47.2 Å². The van der Waals surface area contributed by atoms with Crippen molar-refractivity contribution in [2.24, 2.45) is 0 Å². The number of hydrogen-bond acceptors (Lipinski definition) is 4. The minimum absolute atomic E-state index is 0.0562. The van der Waals surface area contributed by atoms with Crippen molar-refractivity contribution < 1.29 is 19.2 Å². The zero-order valence-electron chi connectivity index (χ0n) is 14.3. The molecule has 7 heteroatoms. The minimum Gasteiger partial charge on any atom is -0.486 e. The summed E-state index contributed by atoms with van der Waals surface area (Å²) in [5.41, 5.74) is 1.74. The molecule has 1 aromatic carbocycles. The Hall–Kier alpha value is -2.31. The molecule has 2 aromatic rings. The Morgan fingerprint density at radius 3 is 2.96 bits per heavy atom. The third-order valence-electron chi connectivity index (χ3n) is 4.87. The summed E-state index contributed by atoms with van der Waals surface area (Å²) in [5.74, 6) is 1.54. The number of likely N-dealkylation sites (tertiary alicyclic amines) is 1. The van der Waals surface area contributed by atoms with Crippen LogP contribution >= 0.6 is 11.6 Å². The summed E-state index contributed by atoms with van der Waals surface area (Å²) < 4.78 is 11.3. The number of aromatic nitrogens is 1. The molecule has 2 aliphatic rings. The van der Waals surface area contributed by atoms with E-state index in [9.17, 15) is 4.79 Å². The van der Waals surface area contributed by atoms with Gasteiger partial charge in [0.15, 0.2) is 23.2 Å². The molecule has 0 aliphatic carbocycles. The zero-order chi connectivity index (χ0) is 17.9. The highest BCUT2D eigenvalue weighted by Gasteiger charge is 2.32. The Bertz CT molecular complexity index is 814. The second kappa shape index (κ2) is 7.51. The van der Waals surface area contributed by atoms with Gasteiger partial charge in [0, 0.05) is 24.6 Å². The maximum atomic E-state index is 12.5. The number of quaternary nitrogens is 1. The van der Waals surface area contributed by atoms with Gasteiger partial charge in [-0.15, -0.1) is 0 Å². The fourth-order valence-corrected chi connectivity index (χ4v) is 3.85. The van der Waals surface area contributed by atoms with Crippen molar-refractivity contribution in [2.75, 3.05) is 31.6 Å². The van der Waals surface area contributed by atoms with Gasteiger partial charge in [-0.05, 0) is 30.3 Å². The summed E-state index contributed by atoms with van der Waals surface area (Å²) >= 11 is 6.02. The second-order valence-electron chi connectivity index (χ2n) is 6.57. The van der Waals surface area contributed by atoms with Gasteiger partial charge in [-0.25, -0.2) is 4.98 Å². The SMILES string of the molecule is O=C(C[NH+]1CCC[C@H]1c1ccc2c(c1)OCCO2)Nc1cccnc1Cl. The maximum absolute atomic E-state index is 12.5. The van der Waals surface area contributed by atoms with E-state index >= 15 is 0 Å². The highest BCUT2D eigenvalue weighted by atomic mass is 35.5. The summed E-state index contributed by atoms with van der Waals surface area (Å²) in [6.07, 6.45) is 3.74.